The molecule has 2 N–H and O–H groups in total. The molecule has 3 nitrogen and oxygen atoms in total. The molecule has 0 bridgehead atoms. The molecule has 1 saturated heterocycles. The summed E-state index contributed by atoms with van der Waals surface area (Å²) in [7, 11) is 0. The second-order valence-electron chi connectivity index (χ2n) is 5.22. The first kappa shape index (κ1) is 12.1. The number of carbonyl (C=O) groups is 1. The summed E-state index contributed by atoms with van der Waals surface area (Å²) in [5.41, 5.74) is 1.16. The van der Waals surface area contributed by atoms with E-state index in [0.717, 1.165) is 18.7 Å². The molecule has 0 aliphatic carbocycles. The van der Waals surface area contributed by atoms with Gasteiger partial charge in [0.25, 0.3) is 5.91 Å². The molecular formula is C14H21N2O+. The van der Waals surface area contributed by atoms with Gasteiger partial charge in [-0.3, -0.25) is 4.79 Å². The van der Waals surface area contributed by atoms with E-state index >= 15 is 0 Å². The van der Waals surface area contributed by atoms with Crippen molar-refractivity contribution in [2.24, 2.45) is 5.92 Å². The van der Waals surface area contributed by atoms with Crippen LogP contribution in [-0.4, -0.2) is 25.0 Å². The van der Waals surface area contributed by atoms with E-state index in [1.807, 2.05) is 30.3 Å². The molecule has 1 fully saturated rings. The molecule has 1 aliphatic heterocycles. The highest BCUT2D eigenvalue weighted by Gasteiger charge is 2.46. The quantitative estimate of drug-likeness (QED) is 0.701. The first-order chi connectivity index (χ1) is 8.16. The first-order valence-electron chi connectivity index (χ1n) is 6.33. The molecule has 1 aliphatic rings. The molecule has 2 atom stereocenters. The van der Waals surface area contributed by atoms with Crippen LogP contribution in [0.5, 0.6) is 0 Å². The third-order valence-electron chi connectivity index (χ3n) is 3.10. The van der Waals surface area contributed by atoms with Crippen molar-refractivity contribution in [1.29, 1.82) is 0 Å². The average Bonchev–Trinajstić information content (AvgIpc) is 3.06. The summed E-state index contributed by atoms with van der Waals surface area (Å²) in [6, 6.07) is 10.2. The summed E-state index contributed by atoms with van der Waals surface area (Å²) in [6.45, 7) is 7.14. The van der Waals surface area contributed by atoms with Crippen LogP contribution in [0.25, 0.3) is 0 Å². The zero-order valence-corrected chi connectivity index (χ0v) is 10.6. The molecule has 0 aromatic heterocycles. The van der Waals surface area contributed by atoms with Gasteiger partial charge in [0.05, 0.1) is 6.54 Å². The van der Waals surface area contributed by atoms with Crippen LogP contribution >= 0.6 is 0 Å². The third-order valence-corrected chi connectivity index (χ3v) is 3.10. The van der Waals surface area contributed by atoms with Gasteiger partial charge < -0.3 is 10.2 Å². The molecule has 0 spiro atoms. The number of quaternary nitrogens is 1. The Morgan fingerprint density at radius 2 is 2.12 bits per heavy atom. The Labute approximate surface area is 103 Å². The number of hydrogen-bond acceptors (Lipinski definition) is 1. The van der Waals surface area contributed by atoms with E-state index < -0.39 is 0 Å². The summed E-state index contributed by atoms with van der Waals surface area (Å²) in [5, 5.41) is 3.00. The lowest BCUT2D eigenvalue weighted by atomic mass is 10.2. The smallest absolute Gasteiger partial charge is 0.284 e. The van der Waals surface area contributed by atoms with Crippen molar-refractivity contribution in [1.82, 2.24) is 5.32 Å². The molecule has 1 amide bonds. The van der Waals surface area contributed by atoms with Gasteiger partial charge in [-0.05, 0) is 5.56 Å². The highest BCUT2D eigenvalue weighted by Crippen LogP contribution is 1.99. The minimum absolute atomic E-state index is 0.195. The maximum Gasteiger partial charge on any atom is 0.284 e. The molecular weight excluding hydrogens is 212 g/mol. The van der Waals surface area contributed by atoms with Crippen molar-refractivity contribution in [3.63, 3.8) is 0 Å². The monoisotopic (exact) mass is 233 g/mol. The zero-order chi connectivity index (χ0) is 12.3. The van der Waals surface area contributed by atoms with E-state index in [1.54, 1.807) is 0 Å². The first-order valence-corrected chi connectivity index (χ1v) is 6.33. The van der Waals surface area contributed by atoms with E-state index in [1.165, 1.54) is 4.90 Å². The summed E-state index contributed by atoms with van der Waals surface area (Å²) >= 11 is 0. The largest absolute Gasteiger partial charge is 0.347 e. The minimum Gasteiger partial charge on any atom is -0.347 e. The predicted octanol–water partition coefficient (Wildman–Crippen LogP) is 0.226. The van der Waals surface area contributed by atoms with Crippen LogP contribution in [0.4, 0.5) is 0 Å². The lowest BCUT2D eigenvalue weighted by Crippen LogP contribution is -2.96. The Balaban J connectivity index is 1.73. The molecule has 2 rings (SSSR count). The van der Waals surface area contributed by atoms with Gasteiger partial charge in [0.15, 0.2) is 0 Å². The third kappa shape index (κ3) is 3.56. The van der Waals surface area contributed by atoms with Crippen LogP contribution < -0.4 is 10.2 Å². The van der Waals surface area contributed by atoms with Crippen LogP contribution in [0.1, 0.15) is 19.4 Å². The van der Waals surface area contributed by atoms with Crippen LogP contribution in [0, 0.1) is 5.92 Å². The van der Waals surface area contributed by atoms with Gasteiger partial charge in [-0.2, -0.15) is 0 Å². The molecule has 17 heavy (non-hydrogen) atoms. The van der Waals surface area contributed by atoms with Crippen LogP contribution in [-0.2, 0) is 11.3 Å². The van der Waals surface area contributed by atoms with E-state index in [2.05, 4.69) is 19.2 Å². The summed E-state index contributed by atoms with van der Waals surface area (Å²) in [6.07, 6.45) is 0. The summed E-state index contributed by atoms with van der Waals surface area (Å²) in [4.78, 5) is 13.3. The maximum absolute atomic E-state index is 11.8. The molecule has 1 aromatic rings. The highest BCUT2D eigenvalue weighted by atomic mass is 16.2. The van der Waals surface area contributed by atoms with Gasteiger partial charge in [0.1, 0.15) is 6.54 Å². The van der Waals surface area contributed by atoms with Gasteiger partial charge in [-0.1, -0.05) is 44.2 Å². The van der Waals surface area contributed by atoms with Crippen LogP contribution in [0.15, 0.2) is 30.3 Å². The minimum atomic E-state index is 0.195. The van der Waals surface area contributed by atoms with Crippen LogP contribution in [0.2, 0.25) is 0 Å². The maximum atomic E-state index is 11.8. The van der Waals surface area contributed by atoms with Crippen molar-refractivity contribution in [2.75, 3.05) is 13.1 Å². The molecule has 1 unspecified atom stereocenters. The average molecular weight is 233 g/mol. The standard InChI is InChI=1S/C14H20N2O/c1-11(2)9-16-10-13(16)14(17)15-8-12-6-4-3-5-7-12/h3-7,11,13H,8-10H2,1-2H3,(H,15,17)/p+1/t13-,16?/m1/s1. The Morgan fingerprint density at radius 3 is 2.76 bits per heavy atom. The Bertz CT molecular complexity index is 375. The van der Waals surface area contributed by atoms with Crippen molar-refractivity contribution in [3.8, 4) is 0 Å². The second-order valence-corrected chi connectivity index (χ2v) is 5.22. The molecule has 3 heteroatoms. The van der Waals surface area contributed by atoms with Crippen LogP contribution in [0.3, 0.4) is 0 Å². The highest BCUT2D eigenvalue weighted by molar-refractivity contribution is 5.82. The zero-order valence-electron chi connectivity index (χ0n) is 10.6. The number of carbonyl (C=O) groups excluding carboxylic acids is 1. The van der Waals surface area contributed by atoms with E-state index in [9.17, 15) is 4.79 Å². The SMILES string of the molecule is CC(C)C[NH+]1C[C@@H]1C(=O)NCc1ccccc1. The number of amides is 1. The molecule has 0 radical (unpaired) electrons. The lowest BCUT2D eigenvalue weighted by molar-refractivity contribution is -0.772. The normalized spacial score (nSPS) is 22.5. The fourth-order valence-electron chi connectivity index (χ4n) is 2.14. The molecule has 1 heterocycles. The molecule has 1 aromatic carbocycles. The number of nitrogens with one attached hydrogen (secondary N) is 2. The fourth-order valence-corrected chi connectivity index (χ4v) is 2.14. The van der Waals surface area contributed by atoms with E-state index in [0.29, 0.717) is 12.5 Å². The fraction of sp³-hybridized carbons (Fsp3) is 0.500. The van der Waals surface area contributed by atoms with Gasteiger partial charge in [0, 0.05) is 12.5 Å². The van der Waals surface area contributed by atoms with Gasteiger partial charge in [0.2, 0.25) is 6.04 Å². The van der Waals surface area contributed by atoms with E-state index in [-0.39, 0.29) is 11.9 Å². The predicted molar refractivity (Wildman–Crippen MR) is 67.6 cm³/mol. The lowest BCUT2D eigenvalue weighted by Gasteiger charge is -2.05. The van der Waals surface area contributed by atoms with Gasteiger partial charge >= 0.3 is 0 Å². The van der Waals surface area contributed by atoms with Crippen molar-refractivity contribution < 1.29 is 9.69 Å². The Hall–Kier alpha value is -1.35. The Morgan fingerprint density at radius 1 is 1.41 bits per heavy atom. The topological polar surface area (TPSA) is 33.5 Å². The number of rotatable bonds is 5. The number of benzene rings is 1. The molecule has 0 saturated carbocycles. The summed E-state index contributed by atoms with van der Waals surface area (Å²) in [5.74, 6) is 0.862. The van der Waals surface area contributed by atoms with Crippen molar-refractivity contribution in [2.45, 2.75) is 26.4 Å². The second kappa shape index (κ2) is 5.32. The van der Waals surface area contributed by atoms with Crippen molar-refractivity contribution >= 4 is 5.91 Å². The van der Waals surface area contributed by atoms with Gasteiger partial charge in [-0.15, -0.1) is 0 Å². The molecule has 92 valence electrons. The Kier molecular flexibility index (Phi) is 3.79. The van der Waals surface area contributed by atoms with E-state index in [4.69, 9.17) is 0 Å². The number of hydrogen-bond donors (Lipinski definition) is 2. The summed E-state index contributed by atoms with van der Waals surface area (Å²) < 4.78 is 0. The van der Waals surface area contributed by atoms with Gasteiger partial charge in [-0.25, -0.2) is 0 Å². The van der Waals surface area contributed by atoms with Crippen molar-refractivity contribution in [3.05, 3.63) is 35.9 Å².